The molecule has 0 spiro atoms. The van der Waals surface area contributed by atoms with Gasteiger partial charge in [-0.05, 0) is 43.6 Å². The molecule has 144 valence electrons. The number of thiophene rings is 1. The van der Waals surface area contributed by atoms with Crippen molar-refractivity contribution in [2.45, 2.75) is 45.6 Å². The molecule has 3 aliphatic rings. The first-order chi connectivity index (χ1) is 13.1. The van der Waals surface area contributed by atoms with Gasteiger partial charge in [0.15, 0.2) is 0 Å². The molecule has 7 heteroatoms. The molecule has 1 saturated carbocycles. The van der Waals surface area contributed by atoms with Crippen molar-refractivity contribution in [1.82, 2.24) is 19.8 Å². The van der Waals surface area contributed by atoms with Gasteiger partial charge in [0.25, 0.3) is 5.56 Å². The molecule has 2 fully saturated rings. The lowest BCUT2D eigenvalue weighted by Gasteiger charge is -2.34. The van der Waals surface area contributed by atoms with Gasteiger partial charge >= 0.3 is 0 Å². The minimum Gasteiger partial charge on any atom is -0.340 e. The lowest BCUT2D eigenvalue weighted by Crippen LogP contribution is -2.49. The van der Waals surface area contributed by atoms with Crippen molar-refractivity contribution in [2.24, 2.45) is 11.8 Å². The minimum atomic E-state index is 0.0194. The van der Waals surface area contributed by atoms with Crippen LogP contribution < -0.4 is 5.56 Å². The summed E-state index contributed by atoms with van der Waals surface area (Å²) in [7, 11) is 0. The predicted molar refractivity (Wildman–Crippen MR) is 106 cm³/mol. The third kappa shape index (κ3) is 3.21. The van der Waals surface area contributed by atoms with Crippen LogP contribution in [0.25, 0.3) is 10.2 Å². The second-order valence-electron chi connectivity index (χ2n) is 8.32. The second-order valence-corrected chi connectivity index (χ2v) is 9.41. The number of amides is 1. The summed E-state index contributed by atoms with van der Waals surface area (Å²) in [4.78, 5) is 39.4. The molecule has 2 atom stereocenters. The van der Waals surface area contributed by atoms with E-state index in [9.17, 15) is 9.59 Å². The maximum Gasteiger partial charge on any atom is 0.259 e. The molecule has 2 aromatic rings. The van der Waals surface area contributed by atoms with Gasteiger partial charge in [0.2, 0.25) is 5.91 Å². The van der Waals surface area contributed by atoms with E-state index in [4.69, 9.17) is 4.98 Å². The number of hydrogen-bond donors (Lipinski definition) is 1. The Morgan fingerprint density at radius 3 is 2.70 bits per heavy atom. The predicted octanol–water partition coefficient (Wildman–Crippen LogP) is 2.16. The molecular formula is C20H26N4O2S. The van der Waals surface area contributed by atoms with Crippen molar-refractivity contribution in [1.29, 1.82) is 0 Å². The van der Waals surface area contributed by atoms with Gasteiger partial charge in [-0.3, -0.25) is 14.5 Å². The van der Waals surface area contributed by atoms with E-state index in [0.29, 0.717) is 18.4 Å². The highest BCUT2D eigenvalue weighted by Crippen LogP contribution is 2.39. The van der Waals surface area contributed by atoms with Crippen LogP contribution in [0.5, 0.6) is 0 Å². The summed E-state index contributed by atoms with van der Waals surface area (Å²) < 4.78 is 0. The lowest BCUT2D eigenvalue weighted by atomic mass is 9.97. The normalized spacial score (nSPS) is 25.6. The van der Waals surface area contributed by atoms with Crippen molar-refractivity contribution in [3.63, 3.8) is 0 Å². The molecule has 5 rings (SSSR count). The van der Waals surface area contributed by atoms with E-state index in [0.717, 1.165) is 61.5 Å². The fraction of sp³-hybridized carbons (Fsp3) is 0.650. The maximum atomic E-state index is 12.7. The Morgan fingerprint density at radius 2 is 1.96 bits per heavy atom. The van der Waals surface area contributed by atoms with Crippen molar-refractivity contribution in [2.75, 3.05) is 26.2 Å². The van der Waals surface area contributed by atoms with Gasteiger partial charge < -0.3 is 9.88 Å². The Labute approximate surface area is 162 Å². The summed E-state index contributed by atoms with van der Waals surface area (Å²) in [5.41, 5.74) is 1.26. The van der Waals surface area contributed by atoms with E-state index >= 15 is 0 Å². The van der Waals surface area contributed by atoms with Crippen LogP contribution in [-0.4, -0.2) is 51.9 Å². The van der Waals surface area contributed by atoms with E-state index in [1.165, 1.54) is 23.3 Å². The monoisotopic (exact) mass is 386 g/mol. The molecule has 0 aromatic carbocycles. The fourth-order valence-electron chi connectivity index (χ4n) is 4.52. The van der Waals surface area contributed by atoms with E-state index < -0.39 is 0 Å². The number of nitrogens with one attached hydrogen (secondary N) is 1. The molecule has 6 nitrogen and oxygen atoms in total. The zero-order valence-electron chi connectivity index (χ0n) is 15.8. The molecular weight excluding hydrogens is 360 g/mol. The summed E-state index contributed by atoms with van der Waals surface area (Å²) in [5, 5.41) is 0.826. The summed E-state index contributed by atoms with van der Waals surface area (Å²) >= 11 is 1.70. The molecule has 2 aliphatic carbocycles. The van der Waals surface area contributed by atoms with Gasteiger partial charge in [-0.1, -0.05) is 6.92 Å². The minimum absolute atomic E-state index is 0.0194. The van der Waals surface area contributed by atoms with Crippen LogP contribution in [0.3, 0.4) is 0 Å². The van der Waals surface area contributed by atoms with Crippen LogP contribution in [0.2, 0.25) is 0 Å². The topological polar surface area (TPSA) is 69.3 Å². The van der Waals surface area contributed by atoms with Gasteiger partial charge in [0.1, 0.15) is 10.7 Å². The molecule has 27 heavy (non-hydrogen) atoms. The number of nitrogens with zero attached hydrogens (tertiary/aromatic N) is 3. The smallest absolute Gasteiger partial charge is 0.259 e. The van der Waals surface area contributed by atoms with E-state index in [1.807, 2.05) is 4.90 Å². The Balaban J connectivity index is 1.28. The molecule has 1 saturated heterocycles. The summed E-state index contributed by atoms with van der Waals surface area (Å²) in [6.45, 7) is 6.05. The fourth-order valence-corrected chi connectivity index (χ4v) is 5.80. The van der Waals surface area contributed by atoms with Gasteiger partial charge in [0, 0.05) is 37.0 Å². The van der Waals surface area contributed by atoms with Crippen molar-refractivity contribution in [3.05, 3.63) is 26.6 Å². The molecule has 2 aromatic heterocycles. The third-order valence-corrected chi connectivity index (χ3v) is 7.54. The average Bonchev–Trinajstić information content (AvgIpc) is 3.27. The van der Waals surface area contributed by atoms with Crippen LogP contribution in [0, 0.1) is 11.8 Å². The quantitative estimate of drug-likeness (QED) is 0.878. The molecule has 1 N–H and O–H groups in total. The Kier molecular flexibility index (Phi) is 4.31. The third-order valence-electron chi connectivity index (χ3n) is 6.36. The Hall–Kier alpha value is -1.73. The van der Waals surface area contributed by atoms with Crippen LogP contribution in [0.4, 0.5) is 0 Å². The van der Waals surface area contributed by atoms with E-state index in [-0.39, 0.29) is 11.5 Å². The number of hydrogen-bond acceptors (Lipinski definition) is 5. The summed E-state index contributed by atoms with van der Waals surface area (Å²) in [6.07, 6.45) is 5.53. The molecule has 1 amide bonds. The SMILES string of the molecule is CC1CC1C(=O)N1CCN(Cc2nc3sc4c(c3c(=O)[nH]2)CCCC4)CC1. The average molecular weight is 387 g/mol. The van der Waals surface area contributed by atoms with Crippen LogP contribution in [0.1, 0.15) is 42.5 Å². The van der Waals surface area contributed by atoms with Crippen LogP contribution >= 0.6 is 11.3 Å². The summed E-state index contributed by atoms with van der Waals surface area (Å²) in [6, 6.07) is 0. The number of carbonyl (C=O) groups excluding carboxylic acids is 1. The summed E-state index contributed by atoms with van der Waals surface area (Å²) in [5.74, 6) is 1.91. The van der Waals surface area contributed by atoms with E-state index in [1.54, 1.807) is 11.3 Å². The largest absolute Gasteiger partial charge is 0.340 e. The van der Waals surface area contributed by atoms with Crippen molar-refractivity contribution >= 4 is 27.5 Å². The first-order valence-electron chi connectivity index (χ1n) is 10.1. The molecule has 0 bridgehead atoms. The van der Waals surface area contributed by atoms with Crippen molar-refractivity contribution in [3.8, 4) is 0 Å². The number of fused-ring (bicyclic) bond motifs is 3. The van der Waals surface area contributed by atoms with E-state index in [2.05, 4.69) is 16.8 Å². The highest BCUT2D eigenvalue weighted by molar-refractivity contribution is 7.18. The van der Waals surface area contributed by atoms with Gasteiger partial charge in [-0.25, -0.2) is 4.98 Å². The molecule has 0 radical (unpaired) electrons. The zero-order chi connectivity index (χ0) is 18.5. The van der Waals surface area contributed by atoms with Crippen molar-refractivity contribution < 1.29 is 4.79 Å². The second kappa shape index (κ2) is 6.71. The number of rotatable bonds is 3. The molecule has 1 aliphatic heterocycles. The van der Waals surface area contributed by atoms with Crippen LogP contribution in [-0.2, 0) is 24.2 Å². The molecule has 3 heterocycles. The first-order valence-corrected chi connectivity index (χ1v) is 11.0. The Morgan fingerprint density at radius 1 is 1.22 bits per heavy atom. The van der Waals surface area contributed by atoms with Gasteiger partial charge in [-0.15, -0.1) is 11.3 Å². The van der Waals surface area contributed by atoms with Gasteiger partial charge in [0.05, 0.1) is 11.9 Å². The zero-order valence-corrected chi connectivity index (χ0v) is 16.6. The van der Waals surface area contributed by atoms with Gasteiger partial charge in [-0.2, -0.15) is 0 Å². The number of aromatic amines is 1. The lowest BCUT2D eigenvalue weighted by molar-refractivity contribution is -0.134. The number of carbonyl (C=O) groups is 1. The first kappa shape index (κ1) is 17.4. The Bertz CT molecular complexity index is 941. The number of aromatic nitrogens is 2. The molecule has 2 unspecified atom stereocenters. The highest BCUT2D eigenvalue weighted by atomic mass is 32.1. The standard InChI is InChI=1S/C20H26N4O2S/c1-12-10-14(12)20(26)24-8-6-23(7-9-24)11-16-21-18(25)17-13-4-2-3-5-15(13)27-19(17)22-16/h12,14H,2-11H2,1H3,(H,21,22,25). The number of piperazine rings is 1. The number of H-pyrrole nitrogens is 1. The number of aryl methyl sites for hydroxylation is 2. The highest BCUT2D eigenvalue weighted by Gasteiger charge is 2.41. The maximum absolute atomic E-state index is 12.7. The van der Waals surface area contributed by atoms with Crippen LogP contribution in [0.15, 0.2) is 4.79 Å².